The molecule has 8 amide bonds. The van der Waals surface area contributed by atoms with Crippen molar-refractivity contribution in [2.75, 3.05) is 13.2 Å². The number of nitrogens with two attached hydrogens (primary N) is 1. The van der Waals surface area contributed by atoms with Crippen LogP contribution >= 0.6 is 7.60 Å². The highest BCUT2D eigenvalue weighted by Crippen LogP contribution is 2.59. The Kier molecular flexibility index (Phi) is 20.5. The van der Waals surface area contributed by atoms with Crippen LogP contribution in [0.5, 0.6) is 0 Å². The molecule has 0 radical (unpaired) electrons. The van der Waals surface area contributed by atoms with E-state index in [1.807, 2.05) is 73.7 Å². The second kappa shape index (κ2) is 27.9. The molecule has 3 aliphatic heterocycles. The number of alkyl halides is 2. The van der Waals surface area contributed by atoms with E-state index >= 15 is 0 Å². The van der Waals surface area contributed by atoms with Gasteiger partial charge in [0.05, 0.1) is 23.2 Å². The number of ether oxygens (including phenoxy) is 1. The number of amides is 8. The zero-order valence-corrected chi connectivity index (χ0v) is 47.2. The average Bonchev–Trinajstić information content (AvgIpc) is 4.25. The molecule has 4 heterocycles. The number of nitrogens with zero attached hydrogens (tertiary/aromatic N) is 3. The van der Waals surface area contributed by atoms with Crippen LogP contribution in [0, 0.1) is 11.8 Å². The number of imide groups is 1. The number of piperidine rings is 1. The van der Waals surface area contributed by atoms with Crippen molar-refractivity contribution in [3.63, 3.8) is 0 Å². The Morgan fingerprint density at radius 2 is 1.58 bits per heavy atom. The Bertz CT molecular complexity index is 3350. The number of hydrogen-bond donors (Lipinski definition) is 7. The number of rotatable bonds is 25. The molecule has 0 saturated carbocycles. The van der Waals surface area contributed by atoms with Gasteiger partial charge < -0.3 is 46.0 Å². The van der Waals surface area contributed by atoms with Crippen LogP contribution < -0.4 is 27.0 Å². The summed E-state index contributed by atoms with van der Waals surface area (Å²) in [5.41, 5.74) is 3.45. The number of carbonyl (C=O) groups is 8. The molecule has 3 aliphatic rings. The predicted molar refractivity (Wildman–Crippen MR) is 304 cm³/mol. The van der Waals surface area contributed by atoms with E-state index in [0.717, 1.165) is 54.2 Å². The van der Waals surface area contributed by atoms with Crippen molar-refractivity contribution in [3.8, 4) is 11.8 Å². The smallest absolute Gasteiger partial charge is 0.376 e. The van der Waals surface area contributed by atoms with Gasteiger partial charge in [-0.25, -0.2) is 0 Å². The quantitative estimate of drug-likeness (QED) is 0.0149. The first-order chi connectivity index (χ1) is 40.2. The van der Waals surface area contributed by atoms with Gasteiger partial charge in [-0.2, -0.15) is 8.78 Å². The van der Waals surface area contributed by atoms with Crippen LogP contribution in [-0.2, 0) is 50.3 Å². The molecule has 23 heteroatoms. The molecule has 5 aromatic rings. The summed E-state index contributed by atoms with van der Waals surface area (Å²) in [4.78, 5) is 133. The molecule has 0 aliphatic carbocycles. The fourth-order valence-corrected chi connectivity index (χ4v) is 11.1. The summed E-state index contributed by atoms with van der Waals surface area (Å²) in [5, 5.41) is 10.9. The number of halogens is 2. The molecule has 0 bridgehead atoms. The Morgan fingerprint density at radius 1 is 0.869 bits per heavy atom. The Balaban J connectivity index is 0.948. The molecule has 0 spiro atoms. The van der Waals surface area contributed by atoms with Crippen molar-refractivity contribution in [1.29, 1.82) is 0 Å². The fraction of sp³-hybridized carbons (Fsp3) is 0.393. The SMILES string of the molecule is CCCC[C@H](NC(=O)c1cnc2ccc(C(F)(F)P(=O)(O)O)cc2c1)C(=O)N1C[C@H](OCCCCCCC#Cc2cccc3c2CN(C2CCC(=O)NC2=O)C3=O)C[C@H]1C(=O)N[C@@H](CCC(N)=O)C(=O)NC(c1ccccc1)c1ccccc1. The van der Waals surface area contributed by atoms with E-state index in [1.165, 1.54) is 22.1 Å². The molecule has 2 fully saturated rings. The first kappa shape index (κ1) is 61.8. The number of primary amides is 1. The third-order valence-corrected chi connectivity index (χ3v) is 16.2. The molecule has 1 aromatic heterocycles. The number of nitrogens with one attached hydrogen (secondary N) is 4. The lowest BCUT2D eigenvalue weighted by Crippen LogP contribution is -2.56. The van der Waals surface area contributed by atoms with Gasteiger partial charge in [0.2, 0.25) is 35.4 Å². The summed E-state index contributed by atoms with van der Waals surface area (Å²) < 4.78 is 47.5. The van der Waals surface area contributed by atoms with Crippen LogP contribution in [0.1, 0.15) is 145 Å². The van der Waals surface area contributed by atoms with Crippen molar-refractivity contribution in [2.45, 2.75) is 139 Å². The van der Waals surface area contributed by atoms with Crippen molar-refractivity contribution in [1.82, 2.24) is 36.1 Å². The number of aromatic nitrogens is 1. The zero-order chi connectivity index (χ0) is 60.1. The number of pyridine rings is 1. The van der Waals surface area contributed by atoms with Crippen molar-refractivity contribution in [3.05, 3.63) is 148 Å². The van der Waals surface area contributed by atoms with Gasteiger partial charge in [0.25, 0.3) is 11.8 Å². The van der Waals surface area contributed by atoms with Gasteiger partial charge in [-0.15, -0.1) is 0 Å². The van der Waals surface area contributed by atoms with Crippen LogP contribution in [-0.4, -0.2) is 115 Å². The maximum atomic E-state index is 14.9. The van der Waals surface area contributed by atoms with E-state index in [1.54, 1.807) is 12.1 Å². The average molecular weight is 1170 g/mol. The third kappa shape index (κ3) is 15.1. The van der Waals surface area contributed by atoms with Gasteiger partial charge in [-0.1, -0.05) is 117 Å². The van der Waals surface area contributed by atoms with E-state index < -0.39 is 90.6 Å². The minimum absolute atomic E-state index is 0.00132. The van der Waals surface area contributed by atoms with Crippen LogP contribution in [0.25, 0.3) is 10.9 Å². The van der Waals surface area contributed by atoms with Gasteiger partial charge in [-0.05, 0) is 79.1 Å². The highest BCUT2D eigenvalue weighted by Gasteiger charge is 2.50. The van der Waals surface area contributed by atoms with Crippen molar-refractivity contribution < 1.29 is 66.2 Å². The molecule has 2 saturated heterocycles. The molecular weight excluding hydrogens is 1110 g/mol. The van der Waals surface area contributed by atoms with Crippen molar-refractivity contribution in [2.24, 2.45) is 5.73 Å². The molecule has 1 unspecified atom stereocenters. The first-order valence-corrected chi connectivity index (χ1v) is 29.7. The van der Waals surface area contributed by atoms with Crippen LogP contribution in [0.4, 0.5) is 8.78 Å². The van der Waals surface area contributed by atoms with Gasteiger partial charge in [-0.3, -0.25) is 53.2 Å². The summed E-state index contributed by atoms with van der Waals surface area (Å²) in [6.07, 6.45) is 5.11. The van der Waals surface area contributed by atoms with E-state index in [4.69, 9.17) is 10.5 Å². The third-order valence-electron chi connectivity index (χ3n) is 15.2. The van der Waals surface area contributed by atoms with Crippen LogP contribution in [0.2, 0.25) is 0 Å². The summed E-state index contributed by atoms with van der Waals surface area (Å²) >= 11 is 0. The molecule has 8 rings (SSSR count). The molecule has 20 nitrogen and oxygen atoms in total. The first-order valence-electron chi connectivity index (χ1n) is 28.0. The topological polar surface area (TPSA) is 297 Å². The monoisotopic (exact) mass is 1170 g/mol. The lowest BCUT2D eigenvalue weighted by Gasteiger charge is -2.30. The number of fused-ring (bicyclic) bond motifs is 2. The normalized spacial score (nSPS) is 17.7. The maximum absolute atomic E-state index is 14.9. The molecule has 5 atom stereocenters. The van der Waals surface area contributed by atoms with E-state index in [0.29, 0.717) is 36.8 Å². The predicted octanol–water partition coefficient (Wildman–Crippen LogP) is 6.16. The standard InChI is InChI=1S/C61H67F2N8O12P/c1-2-3-24-49(67-55(74)42-32-41-33-43(25-26-47(41)65-35-42)61(62,63)84(80,81)82)60(79)70-36-44(34-51(70)58(77)66-48(27-29-52(64)72)56(75)69-54(39-18-11-8-12-19-39)40-20-13-9-14-21-40)83-31-15-7-5-4-6-10-17-38-22-16-23-45-46(38)37-71(59(45)78)50-28-30-53(73)68-57(50)76/h8-9,11-14,16,18-23,25-26,32-33,35,44,48-51,54H,2-7,15,24,27-31,34,36-37H2,1H3,(H2,64,72)(H,66,77)(H,67,74)(H,69,75)(H,68,73,76)(H2,80,81,82)/t44-,48+,49+,50?,51+/m1/s1. The maximum Gasteiger partial charge on any atom is 0.399 e. The van der Waals surface area contributed by atoms with E-state index in [9.17, 15) is 61.5 Å². The Morgan fingerprint density at radius 3 is 2.26 bits per heavy atom. The largest absolute Gasteiger partial charge is 0.399 e. The lowest BCUT2D eigenvalue weighted by atomic mass is 9.98. The number of hydrogen-bond acceptors (Lipinski definition) is 11. The summed E-state index contributed by atoms with van der Waals surface area (Å²) in [6, 6.07) is 22.5. The zero-order valence-electron chi connectivity index (χ0n) is 46.3. The second-order valence-corrected chi connectivity index (χ2v) is 22.8. The van der Waals surface area contributed by atoms with Crippen molar-refractivity contribution >= 4 is 65.8 Å². The number of unbranched alkanes of at least 4 members (excludes halogenated alkanes) is 5. The van der Waals surface area contributed by atoms with E-state index in [2.05, 4.69) is 38.1 Å². The van der Waals surface area contributed by atoms with Crippen LogP contribution in [0.3, 0.4) is 0 Å². The lowest BCUT2D eigenvalue weighted by molar-refractivity contribution is -0.141. The molecule has 4 aromatic carbocycles. The summed E-state index contributed by atoms with van der Waals surface area (Å²) in [5.74, 6) is 1.75. The minimum Gasteiger partial charge on any atom is -0.376 e. The molecular formula is C61H67F2N8O12P. The summed E-state index contributed by atoms with van der Waals surface area (Å²) in [7, 11) is -5.93. The van der Waals surface area contributed by atoms with E-state index in [-0.39, 0.29) is 86.5 Å². The number of likely N-dealkylation sites (tertiary alicyclic amines) is 1. The van der Waals surface area contributed by atoms with Gasteiger partial charge in [0.15, 0.2) is 0 Å². The minimum atomic E-state index is -5.93. The Hall–Kier alpha value is -8.22. The van der Waals surface area contributed by atoms with Crippen LogP contribution in [0.15, 0.2) is 109 Å². The second-order valence-electron chi connectivity index (χ2n) is 21.1. The summed E-state index contributed by atoms with van der Waals surface area (Å²) in [6.45, 7) is 2.27. The van der Waals surface area contributed by atoms with Gasteiger partial charge in [0, 0.05) is 73.7 Å². The number of carbonyl (C=O) groups excluding carboxylic acids is 8. The molecule has 442 valence electrons. The molecule has 84 heavy (non-hydrogen) atoms. The fourth-order valence-electron chi connectivity index (χ4n) is 10.6. The van der Waals surface area contributed by atoms with Gasteiger partial charge in [0.1, 0.15) is 24.2 Å². The molecule has 8 N–H and O–H groups in total. The highest BCUT2D eigenvalue weighted by atomic mass is 31.2. The highest BCUT2D eigenvalue weighted by molar-refractivity contribution is 7.52. The number of benzene rings is 4. The van der Waals surface area contributed by atoms with Gasteiger partial charge >= 0.3 is 13.3 Å². The Labute approximate surface area is 484 Å².